The van der Waals surface area contributed by atoms with Crippen molar-refractivity contribution in [3.63, 3.8) is 0 Å². The first-order chi connectivity index (χ1) is 68.5. The van der Waals surface area contributed by atoms with Gasteiger partial charge in [0.1, 0.15) is 22.3 Å². The minimum absolute atomic E-state index is 0.817. The summed E-state index contributed by atoms with van der Waals surface area (Å²) in [5.74, 6) is 0. The van der Waals surface area contributed by atoms with Crippen molar-refractivity contribution >= 4 is 122 Å². The van der Waals surface area contributed by atoms with Crippen LogP contribution in [-0.4, -0.2) is 9.13 Å². The Morgan fingerprint density at radius 2 is 0.449 bits per heavy atom. The van der Waals surface area contributed by atoms with Crippen molar-refractivity contribution in [2.45, 2.75) is 0 Å². The molecule has 0 aliphatic heterocycles. The van der Waals surface area contributed by atoms with Crippen LogP contribution in [0.15, 0.2) is 531 Å². The number of para-hydroxylation sites is 12. The zero-order valence-electron chi connectivity index (χ0n) is 75.3. The van der Waals surface area contributed by atoms with Crippen LogP contribution in [0.3, 0.4) is 0 Å². The minimum Gasteiger partial charge on any atom is -0.455 e. The third-order valence-electron chi connectivity index (χ3n) is 27.8. The van der Waals surface area contributed by atoms with E-state index < -0.39 is 0 Å². The zero-order chi connectivity index (χ0) is 91.1. The Balaban J connectivity index is 0.536. The molecule has 0 aliphatic rings. The van der Waals surface area contributed by atoms with E-state index in [-0.39, 0.29) is 0 Å². The number of aromatic nitrogens is 2. The number of fused-ring (bicyclic) bond motifs is 12. The fourth-order valence-corrected chi connectivity index (χ4v) is 21.4. The monoisotopic (exact) mass is 1760 g/mol. The van der Waals surface area contributed by atoms with Gasteiger partial charge in [-0.3, -0.25) is 0 Å². The Kier molecular flexibility index (Phi) is 19.9. The van der Waals surface area contributed by atoms with E-state index in [0.717, 1.165) is 201 Å². The largest absolute Gasteiger partial charge is 0.455 e. The van der Waals surface area contributed by atoms with Crippen LogP contribution in [-0.2, 0) is 0 Å². The van der Waals surface area contributed by atoms with E-state index in [4.69, 9.17) is 8.83 Å². The van der Waals surface area contributed by atoms with E-state index in [1.54, 1.807) is 0 Å². The molecule has 0 saturated carbocycles. The highest BCUT2D eigenvalue weighted by Gasteiger charge is 2.28. The molecule has 0 bridgehead atoms. The van der Waals surface area contributed by atoms with Crippen LogP contribution >= 0.6 is 0 Å². The van der Waals surface area contributed by atoms with E-state index in [1.165, 1.54) is 54.7 Å². The number of hydrogen-bond acceptors (Lipinski definition) is 4. The molecule has 22 aromatic carbocycles. The molecular weight excluding hydrogens is 1670 g/mol. The number of nitrogens with zero attached hydrogens (tertiary/aromatic N) is 4. The first kappa shape index (κ1) is 80.5. The standard InChI is InChI=1S/C132H86N4O2/c1-2-32-87(33-3-1)88-66-68-90(69-67-88)95-35-29-37-100(85-95)133(98-79-74-92(75-80-98)101-38-4-6-41-104(101)106-43-9-21-59-123(106)135-125-61-23-11-45-108(125)109-46-12-24-62-126(109)135)121-57-19-15-49-112(121)116-52-31-55-119-115-83-78-96(86-130(115)138-132(116)119)91-72-70-89(71-73-91)94-34-28-36-97(84-94)103-40-8-18-56-120(103)134(122-58-20-16-50-113(122)117-53-30-54-118-114-51-17-27-65-129(114)137-131(117)118)99-81-76-93(77-82-99)102-39-5-7-42-105(102)107-44-10-22-60-124(107)136-127-63-25-13-47-110(127)111-48-14-26-64-128(111)136/h1-86H. The summed E-state index contributed by atoms with van der Waals surface area (Å²) in [6.07, 6.45) is 0. The van der Waals surface area contributed by atoms with Gasteiger partial charge in [-0.25, -0.2) is 0 Å². The predicted molar refractivity (Wildman–Crippen MR) is 579 cm³/mol. The zero-order valence-corrected chi connectivity index (χ0v) is 75.3. The Bertz CT molecular complexity index is 9110. The second-order valence-corrected chi connectivity index (χ2v) is 35.6. The Labute approximate surface area is 799 Å². The molecule has 0 atom stereocenters. The lowest BCUT2D eigenvalue weighted by Crippen LogP contribution is -2.12. The summed E-state index contributed by atoms with van der Waals surface area (Å²) >= 11 is 0. The number of benzene rings is 22. The molecule has 0 unspecified atom stereocenters. The maximum absolute atomic E-state index is 7.29. The normalized spacial score (nSPS) is 11.6. The predicted octanol–water partition coefficient (Wildman–Crippen LogP) is 37.0. The Morgan fingerprint density at radius 1 is 0.145 bits per heavy atom. The first-order valence-corrected chi connectivity index (χ1v) is 47.2. The van der Waals surface area contributed by atoms with E-state index in [2.05, 4.69) is 535 Å². The molecule has 6 heteroatoms. The molecule has 138 heavy (non-hydrogen) atoms. The summed E-state index contributed by atoms with van der Waals surface area (Å²) in [4.78, 5) is 4.86. The molecule has 0 saturated heterocycles. The lowest BCUT2D eigenvalue weighted by molar-refractivity contribution is 0.669. The molecule has 0 aliphatic carbocycles. The van der Waals surface area contributed by atoms with Gasteiger partial charge in [0.15, 0.2) is 0 Å². The van der Waals surface area contributed by atoms with Crippen LogP contribution in [0.25, 0.3) is 221 Å². The van der Waals surface area contributed by atoms with Crippen LogP contribution < -0.4 is 9.80 Å². The molecule has 6 nitrogen and oxygen atoms in total. The van der Waals surface area contributed by atoms with E-state index in [9.17, 15) is 0 Å². The first-order valence-electron chi connectivity index (χ1n) is 47.2. The molecule has 0 radical (unpaired) electrons. The van der Waals surface area contributed by atoms with Gasteiger partial charge in [-0.1, -0.05) is 406 Å². The number of anilines is 6. The molecule has 4 aromatic heterocycles. The Morgan fingerprint density at radius 3 is 0.957 bits per heavy atom. The van der Waals surface area contributed by atoms with E-state index >= 15 is 0 Å². The van der Waals surface area contributed by atoms with Crippen molar-refractivity contribution in [3.05, 3.63) is 522 Å². The molecule has 26 aromatic rings. The van der Waals surface area contributed by atoms with Gasteiger partial charge in [-0.15, -0.1) is 0 Å². The average Bonchev–Trinajstić information content (AvgIpc) is 1.64. The van der Waals surface area contributed by atoms with Crippen LogP contribution in [0, 0.1) is 0 Å². The van der Waals surface area contributed by atoms with Crippen molar-refractivity contribution in [2.24, 2.45) is 0 Å². The summed E-state index contributed by atoms with van der Waals surface area (Å²) < 4.78 is 19.0. The van der Waals surface area contributed by atoms with Crippen molar-refractivity contribution in [1.29, 1.82) is 0 Å². The van der Waals surface area contributed by atoms with Gasteiger partial charge in [0.25, 0.3) is 0 Å². The fraction of sp³-hybridized carbons (Fsp3) is 0. The van der Waals surface area contributed by atoms with Crippen LogP contribution in [0.1, 0.15) is 0 Å². The lowest BCUT2D eigenvalue weighted by atomic mass is 9.93. The summed E-state index contributed by atoms with van der Waals surface area (Å²) in [6.45, 7) is 0. The molecule has 4 heterocycles. The van der Waals surface area contributed by atoms with Gasteiger partial charge in [0, 0.05) is 99.1 Å². The topological polar surface area (TPSA) is 42.6 Å². The van der Waals surface area contributed by atoms with E-state index in [0.29, 0.717) is 0 Å². The van der Waals surface area contributed by atoms with Crippen molar-refractivity contribution in [3.8, 4) is 134 Å². The number of furan rings is 2. The van der Waals surface area contributed by atoms with E-state index in [1.807, 2.05) is 6.07 Å². The summed E-state index contributed by atoms with van der Waals surface area (Å²) in [6, 6.07) is 190. The molecule has 0 fully saturated rings. The smallest absolute Gasteiger partial charge is 0.143 e. The molecule has 0 spiro atoms. The second-order valence-electron chi connectivity index (χ2n) is 35.6. The van der Waals surface area contributed by atoms with Gasteiger partial charge < -0.3 is 27.8 Å². The third-order valence-corrected chi connectivity index (χ3v) is 27.8. The molecular formula is C132H86N4O2. The van der Waals surface area contributed by atoms with Crippen molar-refractivity contribution < 1.29 is 8.83 Å². The fourth-order valence-electron chi connectivity index (χ4n) is 21.4. The van der Waals surface area contributed by atoms with Gasteiger partial charge >= 0.3 is 0 Å². The third kappa shape index (κ3) is 14.0. The average molecular weight is 1760 g/mol. The molecule has 26 rings (SSSR count). The summed E-state index contributed by atoms with van der Waals surface area (Å²) in [5.41, 5.74) is 40.8. The Hall–Kier alpha value is -18.4. The highest BCUT2D eigenvalue weighted by atomic mass is 16.3. The summed E-state index contributed by atoms with van der Waals surface area (Å²) in [5, 5.41) is 9.20. The minimum atomic E-state index is 0.817. The molecule has 0 amide bonds. The van der Waals surface area contributed by atoms with Gasteiger partial charge in [0.05, 0.1) is 50.5 Å². The number of hydrogen-bond donors (Lipinski definition) is 0. The lowest BCUT2D eigenvalue weighted by Gasteiger charge is -2.30. The number of rotatable bonds is 19. The van der Waals surface area contributed by atoms with Gasteiger partial charge in [-0.2, -0.15) is 0 Å². The SMILES string of the molecule is c1ccc(-c2ccc(-c3cccc(N(c4ccc(-c5ccccc5-c5ccccc5-n5c6ccccc6c6ccccc65)cc4)c4ccccc4-c4cccc5c4oc4cc(-c6ccc(-c7cccc(-c8ccccc8N(c8ccc(-c9ccccc9-c9ccccc9-n9c%10ccccc%10c%10ccccc%109)cc8)c8ccccc8-c8cccc9c8oc8ccccc89)c7)cc6)ccc45)c3)cc2)cc1. The quantitative estimate of drug-likeness (QED) is 0.0809. The maximum atomic E-state index is 7.29. The highest BCUT2D eigenvalue weighted by molar-refractivity contribution is 6.15. The van der Waals surface area contributed by atoms with Crippen LogP contribution in [0.4, 0.5) is 34.1 Å². The molecule has 0 N–H and O–H groups in total. The van der Waals surface area contributed by atoms with Crippen molar-refractivity contribution in [2.75, 3.05) is 9.80 Å². The second kappa shape index (κ2) is 34.0. The van der Waals surface area contributed by atoms with Crippen LogP contribution in [0.5, 0.6) is 0 Å². The van der Waals surface area contributed by atoms with Crippen molar-refractivity contribution in [1.82, 2.24) is 9.13 Å². The van der Waals surface area contributed by atoms with Gasteiger partial charge in [0.2, 0.25) is 0 Å². The highest BCUT2D eigenvalue weighted by Crippen LogP contribution is 2.52. The van der Waals surface area contributed by atoms with Gasteiger partial charge in [-0.05, 0) is 199 Å². The summed E-state index contributed by atoms with van der Waals surface area (Å²) in [7, 11) is 0. The maximum Gasteiger partial charge on any atom is 0.143 e. The molecule has 646 valence electrons. The van der Waals surface area contributed by atoms with Crippen LogP contribution in [0.2, 0.25) is 0 Å².